The lowest BCUT2D eigenvalue weighted by atomic mass is 10.1. The van der Waals surface area contributed by atoms with Gasteiger partial charge in [-0.25, -0.2) is 4.79 Å². The predicted octanol–water partition coefficient (Wildman–Crippen LogP) is 2.71. The van der Waals surface area contributed by atoms with Gasteiger partial charge in [-0.2, -0.15) is 0 Å². The molecule has 0 saturated carbocycles. The van der Waals surface area contributed by atoms with Crippen molar-refractivity contribution in [2.24, 2.45) is 5.73 Å². The number of piperazine rings is 1. The number of anilines is 1. The van der Waals surface area contributed by atoms with Gasteiger partial charge in [-0.15, -0.1) is 0 Å². The zero-order chi connectivity index (χ0) is 23.2. The third kappa shape index (κ3) is 6.64. The molecule has 1 aliphatic rings. The molecule has 10 nitrogen and oxygen atoms in total. The Kier molecular flexibility index (Phi) is 9.19. The van der Waals surface area contributed by atoms with E-state index >= 15 is 0 Å². The van der Waals surface area contributed by atoms with Gasteiger partial charge in [0.15, 0.2) is 0 Å². The zero-order valence-electron chi connectivity index (χ0n) is 17.3. The number of halogens is 2. The number of nitrogens with two attached hydrogens (primary N) is 2. The molecule has 0 aromatic heterocycles. The van der Waals surface area contributed by atoms with Crippen LogP contribution in [0.15, 0.2) is 22.4 Å². The number of rotatable bonds is 3. The van der Waals surface area contributed by atoms with E-state index in [0.29, 0.717) is 46.9 Å². The second-order valence-electron chi connectivity index (χ2n) is 7.30. The van der Waals surface area contributed by atoms with Crippen molar-refractivity contribution in [1.82, 2.24) is 9.80 Å². The number of nitro groups is 1. The molecule has 5 N–H and O–H groups in total. The molecule has 0 spiro atoms. The summed E-state index contributed by atoms with van der Waals surface area (Å²) in [5.41, 5.74) is 12.1. The average molecular weight is 509 g/mol. The Balaban J connectivity index is 0.00000218. The van der Waals surface area contributed by atoms with Gasteiger partial charge in [0.05, 0.1) is 5.02 Å². The molecule has 12 heteroatoms. The molecule has 1 amide bonds. The molecule has 1 saturated heterocycles. The van der Waals surface area contributed by atoms with Gasteiger partial charge in [0, 0.05) is 49.0 Å². The second-order valence-corrected chi connectivity index (χ2v) is 8.56. The van der Waals surface area contributed by atoms with Crippen LogP contribution in [0.3, 0.4) is 0 Å². The number of hydrogen-bond donors (Lipinski definition) is 3. The minimum Gasteiger partial charge on any atom is -0.444 e. The molecule has 0 unspecified atom stereocenters. The number of carbonyl (C=O) groups excluding carboxylic acids is 1. The lowest BCUT2D eigenvalue weighted by Gasteiger charge is -2.37. The van der Waals surface area contributed by atoms with E-state index in [2.05, 4.69) is 15.9 Å². The Morgan fingerprint density at radius 2 is 1.73 bits per heavy atom. The van der Waals surface area contributed by atoms with E-state index in [1.807, 2.05) is 0 Å². The maximum absolute atomic E-state index is 12.2. The van der Waals surface area contributed by atoms with Gasteiger partial charge in [-0.3, -0.25) is 5.73 Å². The van der Waals surface area contributed by atoms with Crippen LogP contribution in [0.2, 0.25) is 5.02 Å². The Morgan fingerprint density at radius 3 is 2.20 bits per heavy atom. The highest BCUT2D eigenvalue weighted by Gasteiger charge is 2.30. The number of nitrogens with zero attached hydrogens (tertiary/aromatic N) is 3. The van der Waals surface area contributed by atoms with E-state index in [1.165, 1.54) is 6.07 Å². The van der Waals surface area contributed by atoms with E-state index in [0.717, 1.165) is 7.11 Å². The fraction of sp³-hybridized carbons (Fsp3) is 0.500. The van der Waals surface area contributed by atoms with Crippen molar-refractivity contribution < 1.29 is 19.6 Å². The van der Waals surface area contributed by atoms with Gasteiger partial charge in [0.25, 0.3) is 0 Å². The van der Waals surface area contributed by atoms with E-state index in [4.69, 9.17) is 32.9 Å². The van der Waals surface area contributed by atoms with Crippen molar-refractivity contribution in [2.45, 2.75) is 26.4 Å². The largest absolute Gasteiger partial charge is 0.444 e. The molecule has 2 rings (SSSR count). The minimum absolute atomic E-state index is 0.181. The highest BCUT2D eigenvalue weighted by molar-refractivity contribution is 9.10. The molecule has 1 aromatic rings. The predicted molar refractivity (Wildman–Crippen MR) is 119 cm³/mol. The van der Waals surface area contributed by atoms with Crippen molar-refractivity contribution in [3.8, 4) is 0 Å². The molecule has 30 heavy (non-hydrogen) atoms. The van der Waals surface area contributed by atoms with E-state index in [-0.39, 0.29) is 5.70 Å². The van der Waals surface area contributed by atoms with Gasteiger partial charge < -0.3 is 35.5 Å². The number of ether oxygens (including phenoxy) is 1. The number of benzene rings is 1. The summed E-state index contributed by atoms with van der Waals surface area (Å²) in [6.07, 6.45) is -0.425. The van der Waals surface area contributed by atoms with Gasteiger partial charge >= 0.3 is 11.9 Å². The summed E-state index contributed by atoms with van der Waals surface area (Å²) in [6.45, 7) is 6.69. The molecular weight excluding hydrogens is 482 g/mol. The first-order chi connectivity index (χ1) is 13.9. The summed E-state index contributed by atoms with van der Waals surface area (Å²) in [7, 11) is 1.00. The number of nitrogen functional groups attached to an aromatic ring is 1. The first-order valence-electron chi connectivity index (χ1n) is 8.97. The van der Waals surface area contributed by atoms with Crippen molar-refractivity contribution in [3.05, 3.63) is 43.1 Å². The normalized spacial score (nSPS) is 15.0. The zero-order valence-corrected chi connectivity index (χ0v) is 19.7. The van der Waals surface area contributed by atoms with Gasteiger partial charge in [-0.1, -0.05) is 11.6 Å². The highest BCUT2D eigenvalue weighted by atomic mass is 79.9. The molecule has 1 aromatic carbocycles. The Bertz CT molecular complexity index is 820. The maximum atomic E-state index is 12.2. The molecule has 0 bridgehead atoms. The molecule has 1 aliphatic heterocycles. The molecule has 1 heterocycles. The van der Waals surface area contributed by atoms with Crippen LogP contribution in [0, 0.1) is 10.1 Å². The van der Waals surface area contributed by atoms with E-state index < -0.39 is 22.4 Å². The lowest BCUT2D eigenvalue weighted by molar-refractivity contribution is -0.426. The summed E-state index contributed by atoms with van der Waals surface area (Å²) in [5, 5.41) is 18.7. The minimum atomic E-state index is -0.662. The Labute approximate surface area is 188 Å². The Morgan fingerprint density at radius 1 is 1.23 bits per heavy atom. The molecular formula is C18H27BrClN5O5. The van der Waals surface area contributed by atoms with Crippen molar-refractivity contribution in [3.63, 3.8) is 0 Å². The van der Waals surface area contributed by atoms with Crippen LogP contribution >= 0.6 is 27.5 Å². The first kappa shape index (κ1) is 25.8. The standard InChI is InChI=1S/C17H23BrClN5O4.CH4O/c1-17(2,3)28-16(25)23-6-4-22(5-7-23)14(15(21)24(26)27)10-8-12(19)11(18)9-13(10)20;1-2/h8-9H,4-7,20-21H2,1-3H3;2H,1H3/b15-14-;. The molecule has 1 fully saturated rings. The third-order valence-electron chi connectivity index (χ3n) is 4.03. The Hall–Kier alpha value is -2.24. The summed E-state index contributed by atoms with van der Waals surface area (Å²) < 4.78 is 5.95. The molecule has 0 atom stereocenters. The third-order valence-corrected chi connectivity index (χ3v) is 5.23. The first-order valence-corrected chi connectivity index (χ1v) is 10.1. The number of hydrogen-bond acceptors (Lipinski definition) is 8. The average Bonchev–Trinajstić information content (AvgIpc) is 2.66. The van der Waals surface area contributed by atoms with Crippen LogP contribution in [0.1, 0.15) is 26.3 Å². The van der Waals surface area contributed by atoms with Crippen LogP contribution in [0.4, 0.5) is 10.5 Å². The smallest absolute Gasteiger partial charge is 0.410 e. The topological polar surface area (TPSA) is 148 Å². The van der Waals surface area contributed by atoms with Crippen LogP contribution in [0.25, 0.3) is 5.70 Å². The second kappa shape index (κ2) is 10.7. The summed E-state index contributed by atoms with van der Waals surface area (Å²) in [4.78, 5) is 26.2. The van der Waals surface area contributed by atoms with Crippen molar-refractivity contribution in [1.29, 1.82) is 0 Å². The number of amides is 1. The van der Waals surface area contributed by atoms with Crippen LogP contribution in [0.5, 0.6) is 0 Å². The molecule has 0 aliphatic carbocycles. The quantitative estimate of drug-likeness (QED) is 0.320. The fourth-order valence-electron chi connectivity index (χ4n) is 2.76. The van der Waals surface area contributed by atoms with Crippen molar-refractivity contribution >= 4 is 45.0 Å². The summed E-state index contributed by atoms with van der Waals surface area (Å²) >= 11 is 9.43. The molecule has 168 valence electrons. The summed E-state index contributed by atoms with van der Waals surface area (Å²) in [5.74, 6) is -0.532. The van der Waals surface area contributed by atoms with E-state index in [1.54, 1.807) is 36.6 Å². The lowest BCUT2D eigenvalue weighted by Crippen LogP contribution is -2.49. The number of aliphatic hydroxyl groups is 1. The highest BCUT2D eigenvalue weighted by Crippen LogP contribution is 2.34. The van der Waals surface area contributed by atoms with Crippen LogP contribution in [-0.2, 0) is 4.74 Å². The van der Waals surface area contributed by atoms with E-state index in [9.17, 15) is 14.9 Å². The fourth-order valence-corrected chi connectivity index (χ4v) is 3.29. The van der Waals surface area contributed by atoms with Gasteiger partial charge in [-0.05, 0) is 53.8 Å². The van der Waals surface area contributed by atoms with Gasteiger partial charge in [0.1, 0.15) is 11.3 Å². The van der Waals surface area contributed by atoms with Crippen molar-refractivity contribution in [2.75, 3.05) is 39.0 Å². The SMILES string of the molecule is CC(C)(C)OC(=O)N1CCN(/C(=C(/N)[N+](=O)[O-])c2cc(Cl)c(Br)cc2N)CC1.CO. The van der Waals surface area contributed by atoms with Crippen LogP contribution < -0.4 is 11.5 Å². The molecule has 0 radical (unpaired) electrons. The van der Waals surface area contributed by atoms with Gasteiger partial charge in [0.2, 0.25) is 0 Å². The van der Waals surface area contributed by atoms with Crippen LogP contribution in [-0.4, -0.2) is 64.8 Å². The summed E-state index contributed by atoms with van der Waals surface area (Å²) in [6, 6.07) is 3.11. The monoisotopic (exact) mass is 507 g/mol. The number of aliphatic hydroxyl groups excluding tert-OH is 1. The number of carbonyl (C=O) groups is 1. The maximum Gasteiger partial charge on any atom is 0.410 e.